The van der Waals surface area contributed by atoms with E-state index in [4.69, 9.17) is 5.11 Å². The molecule has 0 fully saturated rings. The Balaban J connectivity index is 2.58. The molecule has 0 bridgehead atoms. The predicted molar refractivity (Wildman–Crippen MR) is 69.5 cm³/mol. The van der Waals surface area contributed by atoms with Crippen molar-refractivity contribution < 1.29 is 19.5 Å². The van der Waals surface area contributed by atoms with Crippen molar-refractivity contribution in [3.8, 4) is 0 Å². The van der Waals surface area contributed by atoms with Crippen LogP contribution in [0.15, 0.2) is 36.5 Å². The molecule has 0 saturated carbocycles. The third-order valence-corrected chi connectivity index (χ3v) is 2.72. The maximum atomic E-state index is 11.9. The van der Waals surface area contributed by atoms with Crippen molar-refractivity contribution in [1.29, 1.82) is 0 Å². The van der Waals surface area contributed by atoms with Crippen LogP contribution in [0.2, 0.25) is 0 Å². The van der Waals surface area contributed by atoms with Gasteiger partial charge in [-0.2, -0.15) is 0 Å². The van der Waals surface area contributed by atoms with E-state index in [0.717, 1.165) is 17.7 Å². The lowest BCUT2D eigenvalue weighted by atomic mass is 10.1. The number of aliphatic carboxylic acids is 1. The summed E-state index contributed by atoms with van der Waals surface area (Å²) in [6.07, 6.45) is 3.80. The number of hydrogen-bond acceptors (Lipinski definition) is 3. The summed E-state index contributed by atoms with van der Waals surface area (Å²) in [6.45, 7) is 1.89. The predicted octanol–water partition coefficient (Wildman–Crippen LogP) is 2.04. The summed E-state index contributed by atoms with van der Waals surface area (Å²) in [5.74, 6) is -1.71. The van der Waals surface area contributed by atoms with Crippen LogP contribution in [0.3, 0.4) is 0 Å². The fraction of sp³-hybridized carbons (Fsp3) is 0.0714. The average Bonchev–Trinajstić information content (AvgIpc) is 2.73. The smallest absolute Gasteiger partial charge is 0.328 e. The molecule has 1 heterocycles. The molecule has 2 aromatic rings. The van der Waals surface area contributed by atoms with Crippen molar-refractivity contribution in [3.05, 3.63) is 47.7 Å². The third-order valence-electron chi connectivity index (χ3n) is 2.72. The van der Waals surface area contributed by atoms with Crippen LogP contribution in [-0.2, 0) is 4.79 Å². The second-order valence-electron chi connectivity index (χ2n) is 4.10. The highest BCUT2D eigenvalue weighted by Crippen LogP contribution is 2.21. The van der Waals surface area contributed by atoms with Crippen molar-refractivity contribution in [3.63, 3.8) is 0 Å². The molecular formula is C14H11NO4. The standard InChI is InChI=1S/C14H11NO4/c1-9-2-3-12-11(6-9)10(8-16)7-15(12)13(17)4-5-14(18)19/h2-8H,1H3,(H,18,19)/b5-4+. The summed E-state index contributed by atoms with van der Waals surface area (Å²) in [7, 11) is 0. The summed E-state index contributed by atoms with van der Waals surface area (Å²) in [4.78, 5) is 33.3. The van der Waals surface area contributed by atoms with E-state index in [1.165, 1.54) is 10.8 Å². The number of carbonyl (C=O) groups excluding carboxylic acids is 2. The van der Waals surface area contributed by atoms with E-state index in [2.05, 4.69) is 0 Å². The molecule has 5 heteroatoms. The monoisotopic (exact) mass is 257 g/mol. The molecule has 0 aliphatic carbocycles. The van der Waals surface area contributed by atoms with Gasteiger partial charge in [0.2, 0.25) is 0 Å². The van der Waals surface area contributed by atoms with Crippen molar-refractivity contribution in [1.82, 2.24) is 4.57 Å². The molecule has 1 N–H and O–H groups in total. The number of aryl methyl sites for hydroxylation is 1. The SMILES string of the molecule is Cc1ccc2c(c1)c(C=O)cn2C(=O)/C=C/C(=O)O. The molecule has 0 aliphatic heterocycles. The van der Waals surface area contributed by atoms with Gasteiger partial charge in [0.25, 0.3) is 5.91 Å². The molecule has 1 aromatic carbocycles. The molecule has 2 rings (SSSR count). The zero-order valence-corrected chi connectivity index (χ0v) is 10.2. The van der Waals surface area contributed by atoms with Gasteiger partial charge < -0.3 is 5.11 Å². The van der Waals surface area contributed by atoms with Crippen LogP contribution in [0, 0.1) is 6.92 Å². The second-order valence-corrected chi connectivity index (χ2v) is 4.10. The summed E-state index contributed by atoms with van der Waals surface area (Å²) in [6, 6.07) is 5.36. The zero-order valence-electron chi connectivity index (χ0n) is 10.2. The number of carboxylic acid groups (broad SMARTS) is 1. The first-order chi connectivity index (χ1) is 9.02. The lowest BCUT2D eigenvalue weighted by molar-refractivity contribution is -0.131. The van der Waals surface area contributed by atoms with Gasteiger partial charge in [0.15, 0.2) is 6.29 Å². The first-order valence-electron chi connectivity index (χ1n) is 5.55. The van der Waals surface area contributed by atoms with Gasteiger partial charge in [-0.05, 0) is 19.1 Å². The van der Waals surface area contributed by atoms with Crippen LogP contribution in [0.25, 0.3) is 10.9 Å². The van der Waals surface area contributed by atoms with Crippen LogP contribution in [-0.4, -0.2) is 27.8 Å². The number of carbonyl (C=O) groups is 3. The van der Waals surface area contributed by atoms with Crippen molar-refractivity contribution in [2.75, 3.05) is 0 Å². The number of hydrogen-bond donors (Lipinski definition) is 1. The Morgan fingerprint density at radius 1 is 1.26 bits per heavy atom. The quantitative estimate of drug-likeness (QED) is 0.674. The zero-order chi connectivity index (χ0) is 14.0. The fourth-order valence-electron chi connectivity index (χ4n) is 1.87. The summed E-state index contributed by atoms with van der Waals surface area (Å²) in [5, 5.41) is 9.18. The molecule has 0 atom stereocenters. The topological polar surface area (TPSA) is 76.4 Å². The van der Waals surface area contributed by atoms with E-state index in [1.54, 1.807) is 6.07 Å². The van der Waals surface area contributed by atoms with Gasteiger partial charge in [-0.3, -0.25) is 14.2 Å². The Kier molecular flexibility index (Phi) is 3.29. The molecular weight excluding hydrogens is 246 g/mol. The number of allylic oxidation sites excluding steroid dienone is 1. The molecule has 96 valence electrons. The van der Waals surface area contributed by atoms with Gasteiger partial charge in [-0.1, -0.05) is 11.6 Å². The minimum absolute atomic E-state index is 0.399. The number of rotatable bonds is 3. The minimum atomic E-state index is -1.20. The van der Waals surface area contributed by atoms with Crippen LogP contribution < -0.4 is 0 Å². The molecule has 0 saturated heterocycles. The van der Waals surface area contributed by atoms with E-state index in [0.29, 0.717) is 22.8 Å². The molecule has 1 aromatic heterocycles. The molecule has 0 unspecified atom stereocenters. The number of nitrogens with zero attached hydrogens (tertiary/aromatic N) is 1. The van der Waals surface area contributed by atoms with Crippen molar-refractivity contribution in [2.24, 2.45) is 0 Å². The summed E-state index contributed by atoms with van der Waals surface area (Å²) >= 11 is 0. The van der Waals surface area contributed by atoms with Gasteiger partial charge in [0, 0.05) is 29.3 Å². The van der Waals surface area contributed by atoms with Gasteiger partial charge in [0.1, 0.15) is 0 Å². The normalized spacial score (nSPS) is 11.0. The Hall–Kier alpha value is -2.69. The van der Waals surface area contributed by atoms with Crippen LogP contribution >= 0.6 is 0 Å². The number of benzene rings is 1. The average molecular weight is 257 g/mol. The first-order valence-corrected chi connectivity index (χ1v) is 5.55. The Labute approximate surface area is 108 Å². The van der Waals surface area contributed by atoms with Crippen LogP contribution in [0.1, 0.15) is 20.7 Å². The minimum Gasteiger partial charge on any atom is -0.478 e. The highest BCUT2D eigenvalue weighted by molar-refractivity contribution is 6.06. The maximum absolute atomic E-state index is 11.9. The molecule has 0 radical (unpaired) electrons. The Morgan fingerprint density at radius 3 is 2.63 bits per heavy atom. The van der Waals surface area contributed by atoms with E-state index in [-0.39, 0.29) is 0 Å². The Morgan fingerprint density at radius 2 is 2.00 bits per heavy atom. The lowest BCUT2D eigenvalue weighted by Gasteiger charge is -2.00. The Bertz CT molecular complexity index is 710. The number of carboxylic acids is 1. The third kappa shape index (κ3) is 2.44. The van der Waals surface area contributed by atoms with Gasteiger partial charge in [0.05, 0.1) is 5.52 Å². The lowest BCUT2D eigenvalue weighted by Crippen LogP contribution is -2.06. The molecule has 19 heavy (non-hydrogen) atoms. The number of fused-ring (bicyclic) bond motifs is 1. The second kappa shape index (κ2) is 4.89. The van der Waals surface area contributed by atoms with Crippen molar-refractivity contribution in [2.45, 2.75) is 6.92 Å². The largest absolute Gasteiger partial charge is 0.478 e. The van der Waals surface area contributed by atoms with E-state index < -0.39 is 11.9 Å². The molecule has 5 nitrogen and oxygen atoms in total. The summed E-state index contributed by atoms with van der Waals surface area (Å²) < 4.78 is 1.26. The maximum Gasteiger partial charge on any atom is 0.328 e. The van der Waals surface area contributed by atoms with E-state index >= 15 is 0 Å². The molecule has 0 amide bonds. The van der Waals surface area contributed by atoms with Crippen LogP contribution in [0.4, 0.5) is 0 Å². The van der Waals surface area contributed by atoms with Gasteiger partial charge >= 0.3 is 5.97 Å². The molecule has 0 aliphatic rings. The van der Waals surface area contributed by atoms with Gasteiger partial charge in [-0.15, -0.1) is 0 Å². The van der Waals surface area contributed by atoms with Crippen molar-refractivity contribution >= 4 is 29.1 Å². The summed E-state index contributed by atoms with van der Waals surface area (Å²) in [5.41, 5.74) is 1.95. The number of aromatic nitrogens is 1. The van der Waals surface area contributed by atoms with Crippen LogP contribution in [0.5, 0.6) is 0 Å². The highest BCUT2D eigenvalue weighted by Gasteiger charge is 2.11. The van der Waals surface area contributed by atoms with E-state index in [9.17, 15) is 14.4 Å². The fourth-order valence-corrected chi connectivity index (χ4v) is 1.87. The first kappa shape index (κ1) is 12.8. The highest BCUT2D eigenvalue weighted by atomic mass is 16.4. The van der Waals surface area contributed by atoms with Gasteiger partial charge in [-0.25, -0.2) is 4.79 Å². The molecule has 0 spiro atoms. The van der Waals surface area contributed by atoms with E-state index in [1.807, 2.05) is 19.1 Å². The number of aldehydes is 1.